The van der Waals surface area contributed by atoms with Crippen LogP contribution in [0.2, 0.25) is 0 Å². The normalized spacial score (nSPS) is 12.1. The highest BCUT2D eigenvalue weighted by molar-refractivity contribution is 6.61. The van der Waals surface area contributed by atoms with Crippen molar-refractivity contribution < 1.29 is 141 Å². The van der Waals surface area contributed by atoms with E-state index in [2.05, 4.69) is 39.4 Å². The van der Waals surface area contributed by atoms with Gasteiger partial charge in [0.05, 0.1) is 186 Å². The number of nitrogens with one attached hydrogen (secondary N) is 1. The Bertz CT molecular complexity index is 4890. The minimum absolute atomic E-state index is 0.00844. The fourth-order valence-corrected chi connectivity index (χ4v) is 11.6. The molecule has 2 aromatic carbocycles. The summed E-state index contributed by atoms with van der Waals surface area (Å²) in [4.78, 5) is 109. The number of rotatable bonds is 56. The number of hydrogen-bond acceptors (Lipinski definition) is 32. The minimum atomic E-state index is -4.50. The van der Waals surface area contributed by atoms with E-state index in [4.69, 9.17) is 127 Å². The molecule has 0 radical (unpaired) electrons. The van der Waals surface area contributed by atoms with Gasteiger partial charge >= 0.3 is 47.6 Å². The molecule has 2 N–H and O–H groups in total. The molecule has 4 atom stereocenters. The average Bonchev–Trinajstić information content (AvgIpc) is 1.58. The van der Waals surface area contributed by atoms with E-state index in [0.29, 0.717) is 192 Å². The third-order valence-electron chi connectivity index (χ3n) is 17.7. The molecule has 0 fully saturated rings. The molecule has 4 unspecified atom stereocenters. The summed E-state index contributed by atoms with van der Waals surface area (Å²) < 4.78 is 183. The fraction of sp³-hybridized carbons (Fsp3) is 0.628. The van der Waals surface area contributed by atoms with Gasteiger partial charge in [-0.25, -0.2) is 38.7 Å². The van der Waals surface area contributed by atoms with Gasteiger partial charge in [0, 0.05) is 85.0 Å². The smallest absolute Gasteiger partial charge is 0.434 e. The first kappa shape index (κ1) is 121. The molecule has 0 amide bonds. The highest BCUT2D eigenvalue weighted by Crippen LogP contribution is 2.33. The topological polar surface area (TPSA) is 434 Å². The van der Waals surface area contributed by atoms with Gasteiger partial charge < -0.3 is 100 Å². The first-order chi connectivity index (χ1) is 65.2. The molecule has 0 saturated carbocycles. The predicted molar refractivity (Wildman–Crippen MR) is 488 cm³/mol. The van der Waals surface area contributed by atoms with Crippen LogP contribution in [-0.4, -0.2) is 290 Å². The lowest BCUT2D eigenvalue weighted by atomic mass is 10.1. The van der Waals surface area contributed by atoms with Crippen molar-refractivity contribution in [2.75, 3.05) is 187 Å². The molecule has 136 heavy (non-hydrogen) atoms. The Balaban J connectivity index is 0.000000468. The lowest BCUT2D eigenvalue weighted by Crippen LogP contribution is -2.40. The molecule has 40 nitrogen and oxygen atoms in total. The van der Waals surface area contributed by atoms with E-state index in [1.54, 1.807) is 94.5 Å². The zero-order chi connectivity index (χ0) is 101. The van der Waals surface area contributed by atoms with Crippen LogP contribution in [0.4, 0.5) is 45.5 Å². The standard InChI is InChI=1S/C32H41F3N6O8.C21H21F3N6O2.2C11H21ClO6.C7H16O4.C4H6Cl2O2/c1-5-11-40-29(42)26-28(39(7-3)30(40)43)37-27(23-19-36-38(21-23)20-22-9-8-10-24(18-22)32(33,34)35)41(26)25(6-2)49-31(44)48-17-16-47-15-14-46-13-12-45-4;1-3-8-30-19(31)16-18(29(4-2)20(30)32)27-17(26-16)14-10-25-28(12-14)11-13-6-5-7-15(9-13)21(22,23)24;2*1-3-10(12)18-11(13)17-9-8-16-7-6-15-5-4-14-2;1-9-4-5-11-7-6-10-3-2-8;1-2-3(5)8-4(6)7/h8-10,18-19,21,25H,5-7,11-17,20H2,1-4H3;5-7,9-10,12H,3-4,8,11H2,1-2H3,(H,26,27);2*10H,3-9H2,1-2H3;8H,2-7H2,1H3;3H,2H2,1H3. The SMILES string of the molecule is CCC(Cl)OC(=O)Cl.CCC(Cl)OC(=O)OCCOCCOCCOC.CCC(Cl)OC(=O)OCCOCCOCCOC.CCCn1c(=O)c2[nH]c(-c3cnn(Cc4cccc(C(F)(F)F)c4)c3)nc2n(CC)c1=O.CCCn1c(=O)c2c(nc(-c3cnn(Cc4cccc(C(F)(F)F)c4)c3)n2C(CC)OC(=O)OCCOCCOCCOC)n(CC)c1=O.COCCOCCOCCO. The lowest BCUT2D eigenvalue weighted by molar-refractivity contribution is -0.138. The molecule has 50 heteroatoms. The Labute approximate surface area is 802 Å². The number of halogens is 10. The number of fused-ring (bicyclic) bond motifs is 2. The summed E-state index contributed by atoms with van der Waals surface area (Å²) in [5.74, 6) is 0.512. The number of aryl methyl sites for hydroxylation is 2. The highest BCUT2D eigenvalue weighted by atomic mass is 35.5. The molecule has 8 aromatic rings. The van der Waals surface area contributed by atoms with E-state index < -0.39 is 92.8 Å². The number of H-pyrrole nitrogens is 1. The number of imidazole rings is 2. The number of alkyl halides is 9. The summed E-state index contributed by atoms with van der Waals surface area (Å²) in [5.41, 5.74) is -3.90. The lowest BCUT2D eigenvalue weighted by Gasteiger charge is -2.20. The second kappa shape index (κ2) is 69.5. The van der Waals surface area contributed by atoms with E-state index in [0.717, 1.165) is 28.8 Å². The summed E-state index contributed by atoms with van der Waals surface area (Å²) in [6, 6.07) is 9.95. The van der Waals surface area contributed by atoms with Crippen molar-refractivity contribution in [1.29, 1.82) is 0 Å². The van der Waals surface area contributed by atoms with Gasteiger partial charge in [-0.2, -0.15) is 36.5 Å². The van der Waals surface area contributed by atoms with Crippen molar-refractivity contribution in [2.24, 2.45) is 0 Å². The van der Waals surface area contributed by atoms with Crippen LogP contribution in [0, 0.1) is 0 Å². The van der Waals surface area contributed by atoms with E-state index >= 15 is 0 Å². The Morgan fingerprint density at radius 1 is 0.441 bits per heavy atom. The van der Waals surface area contributed by atoms with Crippen LogP contribution in [0.1, 0.15) is 122 Å². The summed E-state index contributed by atoms with van der Waals surface area (Å²) >= 11 is 21.3. The zero-order valence-electron chi connectivity index (χ0n) is 78.4. The molecule has 0 spiro atoms. The predicted octanol–water partition coefficient (Wildman–Crippen LogP) is 13.3. The van der Waals surface area contributed by atoms with Gasteiger partial charge in [-0.3, -0.25) is 41.8 Å². The van der Waals surface area contributed by atoms with E-state index in [1.807, 2.05) is 13.8 Å². The number of aromatic nitrogens is 12. The molecule has 8 rings (SSSR count). The fourth-order valence-electron chi connectivity index (χ4n) is 11.2. The molecule has 0 aliphatic carbocycles. The van der Waals surface area contributed by atoms with Crippen LogP contribution in [0.15, 0.2) is 92.5 Å². The van der Waals surface area contributed by atoms with Crippen LogP contribution in [0.3, 0.4) is 0 Å². The second-order valence-corrected chi connectivity index (χ2v) is 29.7. The number of benzene rings is 2. The summed E-state index contributed by atoms with van der Waals surface area (Å²) in [6.45, 7) is 24.7. The molecule has 768 valence electrons. The molecule has 0 bridgehead atoms. The number of carbonyl (C=O) groups is 4. The van der Waals surface area contributed by atoms with E-state index in [9.17, 15) is 64.7 Å². The van der Waals surface area contributed by atoms with Crippen molar-refractivity contribution >= 4 is 92.6 Å². The van der Waals surface area contributed by atoms with Crippen molar-refractivity contribution in [3.8, 4) is 22.8 Å². The zero-order valence-corrected chi connectivity index (χ0v) is 81.4. The third kappa shape index (κ3) is 46.0. The van der Waals surface area contributed by atoms with Crippen LogP contribution in [0.5, 0.6) is 0 Å². The number of ether oxygens (including phenoxy) is 19. The van der Waals surface area contributed by atoms with E-state index in [1.165, 1.54) is 52.2 Å². The number of aromatic amines is 1. The second-order valence-electron chi connectivity index (χ2n) is 27.9. The number of methoxy groups -OCH3 is 4. The van der Waals surface area contributed by atoms with Crippen LogP contribution in [-0.2, 0) is 142 Å². The first-order valence-electron chi connectivity index (χ1n) is 43.6. The highest BCUT2D eigenvalue weighted by Gasteiger charge is 2.33. The van der Waals surface area contributed by atoms with Gasteiger partial charge in [0.25, 0.3) is 11.1 Å². The van der Waals surface area contributed by atoms with Crippen molar-refractivity contribution in [1.82, 2.24) is 57.3 Å². The Hall–Kier alpha value is -9.34. The Kier molecular flexibility index (Phi) is 61.7. The van der Waals surface area contributed by atoms with Gasteiger partial charge in [0.2, 0.25) is 0 Å². The van der Waals surface area contributed by atoms with Gasteiger partial charge in [-0.15, -0.1) is 0 Å². The molecule has 6 heterocycles. The maximum atomic E-state index is 13.9. The summed E-state index contributed by atoms with van der Waals surface area (Å²) in [6.07, 6.45) is -3.52. The summed E-state index contributed by atoms with van der Waals surface area (Å²) in [5, 5.41) is 16.8. The monoisotopic (exact) mass is 2030 g/mol. The van der Waals surface area contributed by atoms with Gasteiger partial charge in [0.1, 0.15) is 37.0 Å². The molecule has 0 aliphatic rings. The molecule has 0 saturated heterocycles. The third-order valence-corrected chi connectivity index (χ3v) is 19.0. The van der Waals surface area contributed by atoms with Crippen LogP contribution < -0.4 is 22.5 Å². The summed E-state index contributed by atoms with van der Waals surface area (Å²) in [7, 11) is 6.43. The number of carbonyl (C=O) groups excluding carboxylic acids is 4. The maximum absolute atomic E-state index is 13.9. The van der Waals surface area contributed by atoms with Crippen molar-refractivity contribution in [3.63, 3.8) is 0 Å². The van der Waals surface area contributed by atoms with Crippen molar-refractivity contribution in [3.05, 3.63) is 137 Å². The van der Waals surface area contributed by atoms with Crippen LogP contribution >= 0.6 is 46.4 Å². The van der Waals surface area contributed by atoms with Crippen molar-refractivity contribution in [2.45, 2.75) is 168 Å². The number of aliphatic hydroxyl groups is 1. The maximum Gasteiger partial charge on any atom is 0.510 e. The Morgan fingerprint density at radius 3 is 1.16 bits per heavy atom. The molecule has 6 aromatic heterocycles. The van der Waals surface area contributed by atoms with E-state index in [-0.39, 0.29) is 100 Å². The number of hydrogen-bond donors (Lipinski definition) is 2. The Morgan fingerprint density at radius 2 is 0.801 bits per heavy atom. The number of nitrogens with zero attached hydrogens (tertiary/aromatic N) is 11. The minimum Gasteiger partial charge on any atom is -0.434 e. The largest absolute Gasteiger partial charge is 0.510 e. The quantitative estimate of drug-likeness (QED) is 0.00892. The van der Waals surface area contributed by atoms with Gasteiger partial charge in [-0.1, -0.05) is 101 Å². The average molecular weight is 2030 g/mol. The van der Waals surface area contributed by atoms with Crippen LogP contribution in [0.25, 0.3) is 45.1 Å². The molecule has 0 aliphatic heterocycles. The van der Waals surface area contributed by atoms with Gasteiger partial charge in [0.15, 0.2) is 39.7 Å². The number of aliphatic hydroxyl groups excluding tert-OH is 1. The first-order valence-corrected chi connectivity index (χ1v) is 45.3. The molecular formula is C86H126Cl4F6N12O28. The molecular weight excluding hydrogens is 1900 g/mol. The van der Waals surface area contributed by atoms with Gasteiger partial charge in [-0.05, 0) is 81.3 Å².